The van der Waals surface area contributed by atoms with Crippen molar-refractivity contribution in [3.05, 3.63) is 0 Å². The van der Waals surface area contributed by atoms with Crippen LogP contribution >= 0.6 is 0 Å². The van der Waals surface area contributed by atoms with Gasteiger partial charge < -0.3 is 5.11 Å². The Labute approximate surface area is 74.2 Å². The molecule has 68 valence electrons. The molecule has 0 aliphatic heterocycles. The molecule has 0 atom stereocenters. The molecule has 3 fully saturated rings. The highest BCUT2D eigenvalue weighted by Gasteiger charge is 2.61. The molecule has 0 amide bonds. The highest BCUT2D eigenvalue weighted by atomic mass is 16.3. The van der Waals surface area contributed by atoms with Crippen LogP contribution in [0.25, 0.3) is 0 Å². The number of hydrogen-bond donors (Lipinski definition) is 1. The summed E-state index contributed by atoms with van der Waals surface area (Å²) >= 11 is 0. The van der Waals surface area contributed by atoms with Crippen molar-refractivity contribution in [2.24, 2.45) is 16.7 Å². The van der Waals surface area contributed by atoms with Gasteiger partial charge in [-0.1, -0.05) is 6.42 Å². The molecule has 0 bridgehead atoms. The summed E-state index contributed by atoms with van der Waals surface area (Å²) in [7, 11) is 0. The van der Waals surface area contributed by atoms with E-state index in [1.54, 1.807) is 0 Å². The lowest BCUT2D eigenvalue weighted by Crippen LogP contribution is -2.53. The molecule has 3 rings (SSSR count). The molecule has 0 aromatic rings. The predicted molar refractivity (Wildman–Crippen MR) is 47.8 cm³/mol. The van der Waals surface area contributed by atoms with Gasteiger partial charge in [0.05, 0.1) is 0 Å². The molecule has 1 spiro atoms. The first-order chi connectivity index (χ1) is 5.79. The molecule has 0 aromatic heterocycles. The van der Waals surface area contributed by atoms with Gasteiger partial charge in [-0.15, -0.1) is 0 Å². The van der Waals surface area contributed by atoms with Gasteiger partial charge in [-0.05, 0) is 55.3 Å². The molecule has 0 aromatic carbocycles. The Morgan fingerprint density at radius 1 is 1.17 bits per heavy atom. The van der Waals surface area contributed by atoms with E-state index in [9.17, 15) is 5.11 Å². The van der Waals surface area contributed by atoms with Gasteiger partial charge in [-0.2, -0.15) is 0 Å². The average Bonchev–Trinajstić information content (AvgIpc) is 2.66. The van der Waals surface area contributed by atoms with Crippen LogP contribution in [0.15, 0.2) is 0 Å². The van der Waals surface area contributed by atoms with Gasteiger partial charge >= 0.3 is 0 Å². The van der Waals surface area contributed by atoms with E-state index in [0.29, 0.717) is 12.0 Å². The lowest BCUT2D eigenvalue weighted by molar-refractivity contribution is -0.133. The molecule has 0 unspecified atom stereocenters. The van der Waals surface area contributed by atoms with Crippen LogP contribution in [-0.2, 0) is 0 Å². The minimum absolute atomic E-state index is 0.417. The second kappa shape index (κ2) is 2.06. The fraction of sp³-hybridized carbons (Fsp3) is 1.00. The Balaban J connectivity index is 1.70. The average molecular weight is 166 g/mol. The van der Waals surface area contributed by atoms with E-state index in [4.69, 9.17) is 0 Å². The highest BCUT2D eigenvalue weighted by Crippen LogP contribution is 2.70. The third kappa shape index (κ3) is 0.783. The third-order valence-corrected chi connectivity index (χ3v) is 4.63. The summed E-state index contributed by atoms with van der Waals surface area (Å²) in [5.74, 6) is 0.911. The van der Waals surface area contributed by atoms with Crippen molar-refractivity contribution in [2.45, 2.75) is 44.9 Å². The van der Waals surface area contributed by atoms with Gasteiger partial charge in [0.25, 0.3) is 0 Å². The van der Waals surface area contributed by atoms with Crippen LogP contribution in [0.4, 0.5) is 0 Å². The van der Waals surface area contributed by atoms with E-state index in [1.165, 1.54) is 44.9 Å². The summed E-state index contributed by atoms with van der Waals surface area (Å²) in [5.41, 5.74) is 1.16. The molecule has 12 heavy (non-hydrogen) atoms. The van der Waals surface area contributed by atoms with Gasteiger partial charge in [-0.3, -0.25) is 0 Å². The minimum atomic E-state index is 0.417. The smallest absolute Gasteiger partial charge is 0.0490 e. The molecule has 0 radical (unpaired) electrons. The summed E-state index contributed by atoms with van der Waals surface area (Å²) in [6, 6.07) is 0. The molecule has 1 nitrogen and oxygen atoms in total. The standard InChI is InChI=1S/C11H18O/c12-8-11(9-2-3-9)6-10(7-11)4-1-5-10/h9,12H,1-8H2. The van der Waals surface area contributed by atoms with Crippen molar-refractivity contribution in [1.29, 1.82) is 0 Å². The van der Waals surface area contributed by atoms with E-state index < -0.39 is 0 Å². The van der Waals surface area contributed by atoms with Crippen LogP contribution in [0.3, 0.4) is 0 Å². The van der Waals surface area contributed by atoms with E-state index >= 15 is 0 Å². The predicted octanol–water partition coefficient (Wildman–Crippen LogP) is 2.34. The first kappa shape index (κ1) is 7.37. The van der Waals surface area contributed by atoms with Crippen LogP contribution in [0.1, 0.15) is 44.9 Å². The van der Waals surface area contributed by atoms with Gasteiger partial charge in [0.1, 0.15) is 0 Å². The Bertz CT molecular complexity index is 193. The van der Waals surface area contributed by atoms with E-state index in [-0.39, 0.29) is 0 Å². The molecule has 3 aliphatic carbocycles. The number of aliphatic hydroxyl groups excluding tert-OH is 1. The summed E-state index contributed by atoms with van der Waals surface area (Å²) in [4.78, 5) is 0. The van der Waals surface area contributed by atoms with Crippen molar-refractivity contribution < 1.29 is 5.11 Å². The topological polar surface area (TPSA) is 20.2 Å². The first-order valence-corrected chi connectivity index (χ1v) is 5.40. The molecule has 1 heteroatoms. The van der Waals surface area contributed by atoms with Crippen LogP contribution in [0.2, 0.25) is 0 Å². The first-order valence-electron chi connectivity index (χ1n) is 5.40. The Hall–Kier alpha value is -0.0400. The zero-order valence-corrected chi connectivity index (χ0v) is 7.68. The van der Waals surface area contributed by atoms with E-state index in [1.807, 2.05) is 0 Å². The Kier molecular flexibility index (Phi) is 1.27. The molecule has 3 saturated carbocycles. The number of aliphatic hydroxyl groups is 1. The molecular weight excluding hydrogens is 148 g/mol. The monoisotopic (exact) mass is 166 g/mol. The van der Waals surface area contributed by atoms with Crippen molar-refractivity contribution in [3.63, 3.8) is 0 Å². The van der Waals surface area contributed by atoms with Crippen LogP contribution in [-0.4, -0.2) is 11.7 Å². The van der Waals surface area contributed by atoms with Crippen molar-refractivity contribution in [3.8, 4) is 0 Å². The molecule has 1 N–H and O–H groups in total. The third-order valence-electron chi connectivity index (χ3n) is 4.63. The zero-order valence-electron chi connectivity index (χ0n) is 7.68. The molecule has 3 aliphatic rings. The SMILES string of the molecule is OCC1(C2CC2)CC2(CCC2)C1. The maximum atomic E-state index is 9.40. The van der Waals surface area contributed by atoms with E-state index in [0.717, 1.165) is 11.3 Å². The van der Waals surface area contributed by atoms with Crippen molar-refractivity contribution in [1.82, 2.24) is 0 Å². The van der Waals surface area contributed by atoms with Gasteiger partial charge in [0, 0.05) is 6.61 Å². The van der Waals surface area contributed by atoms with Gasteiger partial charge in [0.15, 0.2) is 0 Å². The minimum Gasteiger partial charge on any atom is -0.396 e. The lowest BCUT2D eigenvalue weighted by Gasteiger charge is -2.61. The van der Waals surface area contributed by atoms with Crippen LogP contribution < -0.4 is 0 Å². The van der Waals surface area contributed by atoms with Gasteiger partial charge in [0.2, 0.25) is 0 Å². The normalized spacial score (nSPS) is 35.8. The fourth-order valence-corrected chi connectivity index (χ4v) is 3.70. The van der Waals surface area contributed by atoms with E-state index in [2.05, 4.69) is 0 Å². The number of hydrogen-bond acceptors (Lipinski definition) is 1. The molecule has 0 heterocycles. The Morgan fingerprint density at radius 3 is 2.17 bits per heavy atom. The lowest BCUT2D eigenvalue weighted by atomic mass is 9.44. The summed E-state index contributed by atoms with van der Waals surface area (Å²) in [6.45, 7) is 0.472. The maximum Gasteiger partial charge on any atom is 0.0490 e. The summed E-state index contributed by atoms with van der Waals surface area (Å²) < 4.78 is 0. The maximum absolute atomic E-state index is 9.40. The van der Waals surface area contributed by atoms with Crippen LogP contribution in [0, 0.1) is 16.7 Å². The molecule has 0 saturated heterocycles. The highest BCUT2D eigenvalue weighted by molar-refractivity contribution is 5.11. The van der Waals surface area contributed by atoms with Crippen LogP contribution in [0.5, 0.6) is 0 Å². The Morgan fingerprint density at radius 2 is 1.83 bits per heavy atom. The largest absolute Gasteiger partial charge is 0.396 e. The van der Waals surface area contributed by atoms with Crippen molar-refractivity contribution in [2.75, 3.05) is 6.61 Å². The summed E-state index contributed by atoms with van der Waals surface area (Å²) in [5, 5.41) is 9.40. The number of rotatable bonds is 2. The van der Waals surface area contributed by atoms with Gasteiger partial charge in [-0.25, -0.2) is 0 Å². The zero-order chi connectivity index (χ0) is 8.23. The fourth-order valence-electron chi connectivity index (χ4n) is 3.70. The summed E-state index contributed by atoms with van der Waals surface area (Å²) in [6.07, 6.45) is 9.89. The quantitative estimate of drug-likeness (QED) is 0.667. The second-order valence-electron chi connectivity index (χ2n) is 5.50. The second-order valence-corrected chi connectivity index (χ2v) is 5.50. The molecular formula is C11H18O. The van der Waals surface area contributed by atoms with Crippen molar-refractivity contribution >= 4 is 0 Å².